The molecule has 9 nitrogen and oxygen atoms in total. The second kappa shape index (κ2) is 7.26. The Morgan fingerprint density at radius 3 is 2.62 bits per heavy atom. The van der Waals surface area contributed by atoms with E-state index in [1.165, 1.54) is 13.0 Å². The highest BCUT2D eigenvalue weighted by molar-refractivity contribution is 6.31. The van der Waals surface area contributed by atoms with Crippen LogP contribution in [0.15, 0.2) is 18.2 Å². The van der Waals surface area contributed by atoms with E-state index in [9.17, 15) is 24.5 Å². The number of hydrogen-bond donors (Lipinski definition) is 2. The van der Waals surface area contributed by atoms with Gasteiger partial charge in [0.25, 0.3) is 11.6 Å². The Hall–Kier alpha value is -2.68. The van der Waals surface area contributed by atoms with Crippen LogP contribution >= 0.6 is 11.6 Å². The van der Waals surface area contributed by atoms with Crippen molar-refractivity contribution < 1.29 is 24.0 Å². The molecule has 2 rings (SSSR count). The molecule has 24 heavy (non-hydrogen) atoms. The number of nitrogens with zero attached hydrogens (tertiary/aromatic N) is 1. The quantitative estimate of drug-likeness (QED) is 0.470. The zero-order valence-electron chi connectivity index (χ0n) is 12.6. The predicted molar refractivity (Wildman–Crippen MR) is 82.7 cm³/mol. The minimum absolute atomic E-state index is 0.0600. The Bertz CT molecular complexity index is 704. The number of halogens is 1. The van der Waals surface area contributed by atoms with Crippen molar-refractivity contribution >= 4 is 35.2 Å². The van der Waals surface area contributed by atoms with Gasteiger partial charge in [0.1, 0.15) is 5.56 Å². The number of rotatable bonds is 5. The van der Waals surface area contributed by atoms with E-state index < -0.39 is 34.6 Å². The number of carbonyl (C=O) groups is 3. The first-order valence-corrected chi connectivity index (χ1v) is 7.42. The number of urea groups is 1. The average Bonchev–Trinajstić information content (AvgIpc) is 3.30. The van der Waals surface area contributed by atoms with E-state index in [-0.39, 0.29) is 16.6 Å². The number of imide groups is 1. The summed E-state index contributed by atoms with van der Waals surface area (Å²) in [4.78, 5) is 45.5. The Morgan fingerprint density at radius 1 is 1.38 bits per heavy atom. The van der Waals surface area contributed by atoms with E-state index in [4.69, 9.17) is 16.3 Å². The molecule has 1 unspecified atom stereocenters. The number of nitrogens with one attached hydrogen (secondary N) is 2. The van der Waals surface area contributed by atoms with Gasteiger partial charge in [-0.05, 0) is 31.9 Å². The Labute approximate surface area is 141 Å². The third-order valence-electron chi connectivity index (χ3n) is 3.18. The molecule has 3 amide bonds. The maximum absolute atomic E-state index is 12.0. The molecule has 0 bridgehead atoms. The number of amides is 3. The molecule has 1 aromatic rings. The van der Waals surface area contributed by atoms with Crippen molar-refractivity contribution in [1.29, 1.82) is 0 Å². The van der Waals surface area contributed by atoms with E-state index in [0.29, 0.717) is 0 Å². The van der Waals surface area contributed by atoms with E-state index in [1.807, 2.05) is 5.32 Å². The summed E-state index contributed by atoms with van der Waals surface area (Å²) in [7, 11) is 0. The number of carbonyl (C=O) groups excluding carboxylic acids is 3. The van der Waals surface area contributed by atoms with Crippen molar-refractivity contribution in [2.75, 3.05) is 0 Å². The normalized spacial score (nSPS) is 14.4. The summed E-state index contributed by atoms with van der Waals surface area (Å²) >= 11 is 5.73. The molecule has 10 heteroatoms. The van der Waals surface area contributed by atoms with Crippen molar-refractivity contribution in [3.05, 3.63) is 38.9 Å². The number of esters is 1. The Balaban J connectivity index is 2.00. The van der Waals surface area contributed by atoms with Gasteiger partial charge in [0.15, 0.2) is 6.10 Å². The zero-order valence-corrected chi connectivity index (χ0v) is 13.3. The van der Waals surface area contributed by atoms with Gasteiger partial charge in [-0.25, -0.2) is 9.59 Å². The van der Waals surface area contributed by atoms with Gasteiger partial charge in [-0.15, -0.1) is 0 Å². The van der Waals surface area contributed by atoms with Crippen LogP contribution in [0.1, 0.15) is 30.1 Å². The molecular formula is C14H14ClN3O6. The van der Waals surface area contributed by atoms with Crippen molar-refractivity contribution in [2.45, 2.75) is 31.9 Å². The highest BCUT2D eigenvalue weighted by Crippen LogP contribution is 2.24. The van der Waals surface area contributed by atoms with Gasteiger partial charge >= 0.3 is 12.0 Å². The fourth-order valence-corrected chi connectivity index (χ4v) is 1.94. The van der Waals surface area contributed by atoms with Gasteiger partial charge in [0, 0.05) is 17.1 Å². The summed E-state index contributed by atoms with van der Waals surface area (Å²) in [6.45, 7) is 1.24. The summed E-state index contributed by atoms with van der Waals surface area (Å²) in [5.74, 6) is -1.93. The van der Waals surface area contributed by atoms with Crippen LogP contribution in [-0.2, 0) is 9.53 Å². The van der Waals surface area contributed by atoms with E-state index >= 15 is 0 Å². The average molecular weight is 356 g/mol. The molecule has 0 aliphatic heterocycles. The molecule has 128 valence electrons. The minimum Gasteiger partial charge on any atom is -0.449 e. The fourth-order valence-electron chi connectivity index (χ4n) is 1.77. The molecule has 0 heterocycles. The van der Waals surface area contributed by atoms with Gasteiger partial charge in [0.2, 0.25) is 0 Å². The lowest BCUT2D eigenvalue weighted by Gasteiger charge is -2.13. The smallest absolute Gasteiger partial charge is 0.345 e. The van der Waals surface area contributed by atoms with Crippen molar-refractivity contribution in [1.82, 2.24) is 10.6 Å². The molecule has 1 aliphatic rings. The van der Waals surface area contributed by atoms with E-state index in [0.717, 1.165) is 25.0 Å². The standard InChI is InChI=1S/C14H14ClN3O6/c1-7(12(19)17-14(21)16-9-3-4-9)24-13(20)10-6-8(15)2-5-11(10)18(22)23/h2,5-7,9H,3-4H2,1H3,(H2,16,17,19,21). The number of nitro benzene ring substituents is 1. The summed E-state index contributed by atoms with van der Waals surface area (Å²) in [5.41, 5.74) is -0.877. The van der Waals surface area contributed by atoms with Gasteiger partial charge < -0.3 is 10.1 Å². The Kier molecular flexibility index (Phi) is 5.35. The molecule has 1 aromatic carbocycles. The van der Waals surface area contributed by atoms with Crippen LogP contribution in [0.25, 0.3) is 0 Å². The number of hydrogen-bond acceptors (Lipinski definition) is 6. The predicted octanol–water partition coefficient (Wildman–Crippen LogP) is 1.78. The molecular weight excluding hydrogens is 342 g/mol. The van der Waals surface area contributed by atoms with Crippen LogP contribution in [-0.4, -0.2) is 35.0 Å². The largest absolute Gasteiger partial charge is 0.449 e. The van der Waals surface area contributed by atoms with Crippen LogP contribution in [0.5, 0.6) is 0 Å². The summed E-state index contributed by atoms with van der Waals surface area (Å²) in [6, 6.07) is 2.78. The fraction of sp³-hybridized carbons (Fsp3) is 0.357. The van der Waals surface area contributed by atoms with Gasteiger partial charge in [0.05, 0.1) is 4.92 Å². The monoisotopic (exact) mass is 355 g/mol. The third kappa shape index (κ3) is 4.66. The highest BCUT2D eigenvalue weighted by atomic mass is 35.5. The first kappa shape index (κ1) is 17.7. The molecule has 1 atom stereocenters. The molecule has 2 N–H and O–H groups in total. The number of nitro groups is 1. The minimum atomic E-state index is -1.32. The van der Waals surface area contributed by atoms with Gasteiger partial charge in [-0.1, -0.05) is 11.6 Å². The van der Waals surface area contributed by atoms with Crippen LogP contribution < -0.4 is 10.6 Å². The molecule has 0 radical (unpaired) electrons. The molecule has 0 aromatic heterocycles. The molecule has 1 fully saturated rings. The Morgan fingerprint density at radius 2 is 2.04 bits per heavy atom. The van der Waals surface area contributed by atoms with E-state index in [2.05, 4.69) is 5.32 Å². The lowest BCUT2D eigenvalue weighted by molar-refractivity contribution is -0.385. The van der Waals surface area contributed by atoms with Crippen LogP contribution in [0.3, 0.4) is 0 Å². The molecule has 1 aliphatic carbocycles. The maximum Gasteiger partial charge on any atom is 0.345 e. The maximum atomic E-state index is 12.0. The van der Waals surface area contributed by atoms with Crippen molar-refractivity contribution in [3.63, 3.8) is 0 Å². The molecule has 1 saturated carbocycles. The van der Waals surface area contributed by atoms with Crippen molar-refractivity contribution in [2.24, 2.45) is 0 Å². The zero-order chi connectivity index (χ0) is 17.9. The number of ether oxygens (including phenoxy) is 1. The molecule has 0 saturated heterocycles. The summed E-state index contributed by atoms with van der Waals surface area (Å²) in [6.07, 6.45) is 0.385. The van der Waals surface area contributed by atoms with E-state index in [1.54, 1.807) is 0 Å². The first-order valence-electron chi connectivity index (χ1n) is 7.04. The summed E-state index contributed by atoms with van der Waals surface area (Å²) in [5, 5.41) is 15.6. The number of benzene rings is 1. The lowest BCUT2D eigenvalue weighted by Crippen LogP contribution is -2.45. The lowest BCUT2D eigenvalue weighted by atomic mass is 10.2. The summed E-state index contributed by atoms with van der Waals surface area (Å²) < 4.78 is 4.87. The second-order valence-corrected chi connectivity index (χ2v) is 5.64. The first-order chi connectivity index (χ1) is 11.3. The van der Waals surface area contributed by atoms with Crippen LogP contribution in [0.4, 0.5) is 10.5 Å². The van der Waals surface area contributed by atoms with Crippen molar-refractivity contribution in [3.8, 4) is 0 Å². The van der Waals surface area contributed by atoms with Gasteiger partial charge in [-0.2, -0.15) is 0 Å². The third-order valence-corrected chi connectivity index (χ3v) is 3.41. The SMILES string of the molecule is CC(OC(=O)c1cc(Cl)ccc1[N+](=O)[O-])C(=O)NC(=O)NC1CC1. The molecule has 0 spiro atoms. The van der Waals surface area contributed by atoms with Crippen LogP contribution in [0, 0.1) is 10.1 Å². The van der Waals surface area contributed by atoms with Crippen LogP contribution in [0.2, 0.25) is 5.02 Å². The topological polar surface area (TPSA) is 128 Å². The second-order valence-electron chi connectivity index (χ2n) is 5.20. The highest BCUT2D eigenvalue weighted by Gasteiger charge is 2.28. The van der Waals surface area contributed by atoms with Gasteiger partial charge in [-0.3, -0.25) is 20.2 Å².